The molecule has 7 nitrogen and oxygen atoms in total. The number of amides is 1. The number of nitrogens with zero attached hydrogens (tertiary/aromatic N) is 2. The summed E-state index contributed by atoms with van der Waals surface area (Å²) < 4.78 is 0. The summed E-state index contributed by atoms with van der Waals surface area (Å²) in [5, 5.41) is 15.5. The number of carbonyl (C=O) groups excluding carboxylic acids is 1. The maximum Gasteiger partial charge on any atom is 0.308 e. The van der Waals surface area contributed by atoms with E-state index in [9.17, 15) is 19.5 Å². The Morgan fingerprint density at radius 2 is 2.00 bits per heavy atom. The van der Waals surface area contributed by atoms with Gasteiger partial charge in [-0.05, 0) is 24.3 Å². The zero-order valence-corrected chi connectivity index (χ0v) is 13.0. The van der Waals surface area contributed by atoms with Gasteiger partial charge in [0.25, 0.3) is 11.5 Å². The number of nitrogens with one attached hydrogen (secondary N) is 1. The molecule has 2 atom stereocenters. The second-order valence-corrected chi connectivity index (χ2v) is 5.69. The quantitative estimate of drug-likeness (QED) is 0.851. The maximum absolute atomic E-state index is 12.7. The van der Waals surface area contributed by atoms with Gasteiger partial charge in [-0.1, -0.05) is 20.8 Å². The van der Waals surface area contributed by atoms with Gasteiger partial charge in [0.05, 0.1) is 11.6 Å². The van der Waals surface area contributed by atoms with Crippen molar-refractivity contribution in [2.75, 3.05) is 13.1 Å². The Morgan fingerprint density at radius 3 is 2.50 bits per heavy atom. The smallest absolute Gasteiger partial charge is 0.308 e. The first-order valence-electron chi connectivity index (χ1n) is 7.53. The fourth-order valence-corrected chi connectivity index (χ4v) is 3.03. The minimum absolute atomic E-state index is 0.104. The lowest BCUT2D eigenvalue weighted by molar-refractivity contribution is -0.142. The van der Waals surface area contributed by atoms with Gasteiger partial charge in [0, 0.05) is 13.1 Å². The molecule has 0 spiro atoms. The maximum atomic E-state index is 12.7. The van der Waals surface area contributed by atoms with Crippen molar-refractivity contribution >= 4 is 11.9 Å². The third-order valence-electron chi connectivity index (χ3n) is 4.29. The number of aromatic nitrogens is 2. The third-order valence-corrected chi connectivity index (χ3v) is 4.29. The fourth-order valence-electron chi connectivity index (χ4n) is 3.03. The number of likely N-dealkylation sites (tertiary alicyclic amines) is 1. The van der Waals surface area contributed by atoms with Crippen LogP contribution in [-0.2, 0) is 17.6 Å². The molecule has 2 N–H and O–H groups in total. The molecule has 0 aliphatic carbocycles. The number of hydrogen-bond donors (Lipinski definition) is 2. The number of hydrogen-bond acceptors (Lipinski definition) is 4. The van der Waals surface area contributed by atoms with Crippen LogP contribution in [0.3, 0.4) is 0 Å². The Morgan fingerprint density at radius 1 is 1.32 bits per heavy atom. The Bertz CT molecular complexity index is 653. The molecule has 1 aliphatic heterocycles. The molecule has 0 unspecified atom stereocenters. The average molecular weight is 307 g/mol. The highest BCUT2D eigenvalue weighted by atomic mass is 16.4. The zero-order chi connectivity index (χ0) is 16.4. The molecule has 1 fully saturated rings. The monoisotopic (exact) mass is 307 g/mol. The summed E-state index contributed by atoms with van der Waals surface area (Å²) >= 11 is 0. The van der Waals surface area contributed by atoms with E-state index < -0.39 is 23.4 Å². The van der Waals surface area contributed by atoms with E-state index in [0.29, 0.717) is 30.6 Å². The Labute approximate surface area is 128 Å². The van der Waals surface area contributed by atoms with Crippen LogP contribution in [-0.4, -0.2) is 45.2 Å². The van der Waals surface area contributed by atoms with Crippen molar-refractivity contribution in [3.05, 3.63) is 27.2 Å². The fraction of sp³-hybridized carbons (Fsp3) is 0.600. The van der Waals surface area contributed by atoms with Crippen molar-refractivity contribution in [1.82, 2.24) is 15.1 Å². The molecule has 2 rings (SSSR count). The number of aliphatic carboxylic acids is 1. The highest BCUT2D eigenvalue weighted by Gasteiger charge is 2.38. The van der Waals surface area contributed by atoms with Crippen molar-refractivity contribution < 1.29 is 14.7 Å². The summed E-state index contributed by atoms with van der Waals surface area (Å²) in [7, 11) is 0. The van der Waals surface area contributed by atoms with E-state index in [1.807, 2.05) is 13.8 Å². The van der Waals surface area contributed by atoms with Gasteiger partial charge in [0.1, 0.15) is 5.56 Å². The van der Waals surface area contributed by atoms with Gasteiger partial charge in [-0.25, -0.2) is 5.10 Å². The molecular weight excluding hydrogens is 286 g/mol. The van der Waals surface area contributed by atoms with Crippen LogP contribution in [0.5, 0.6) is 0 Å². The molecule has 0 saturated carbocycles. The summed E-state index contributed by atoms with van der Waals surface area (Å²) in [6.45, 7) is 6.08. The minimum Gasteiger partial charge on any atom is -0.481 e. The molecule has 0 aromatic carbocycles. The van der Waals surface area contributed by atoms with Crippen molar-refractivity contribution in [3.8, 4) is 0 Å². The van der Waals surface area contributed by atoms with Crippen LogP contribution in [0.25, 0.3) is 0 Å². The Hall–Kier alpha value is -2.18. The van der Waals surface area contributed by atoms with Gasteiger partial charge in [-0.3, -0.25) is 14.4 Å². The van der Waals surface area contributed by atoms with Crippen LogP contribution < -0.4 is 5.56 Å². The van der Waals surface area contributed by atoms with E-state index >= 15 is 0 Å². The molecular formula is C15H21N3O4. The summed E-state index contributed by atoms with van der Waals surface area (Å²) in [5.41, 5.74) is 0.952. The lowest BCUT2D eigenvalue weighted by Gasteiger charge is -2.18. The van der Waals surface area contributed by atoms with Gasteiger partial charge in [-0.15, -0.1) is 0 Å². The van der Waals surface area contributed by atoms with Gasteiger partial charge in [-0.2, -0.15) is 5.10 Å². The highest BCUT2D eigenvalue weighted by Crippen LogP contribution is 2.25. The molecule has 1 saturated heterocycles. The first-order chi connectivity index (χ1) is 10.4. The third kappa shape index (κ3) is 2.75. The molecule has 7 heteroatoms. The van der Waals surface area contributed by atoms with E-state index in [0.717, 1.165) is 0 Å². The predicted molar refractivity (Wildman–Crippen MR) is 79.8 cm³/mol. The molecule has 0 radical (unpaired) electrons. The van der Waals surface area contributed by atoms with Crippen molar-refractivity contribution in [3.63, 3.8) is 0 Å². The van der Waals surface area contributed by atoms with Gasteiger partial charge in [0.15, 0.2) is 0 Å². The first kappa shape index (κ1) is 16.2. The normalized spacial score (nSPS) is 21.1. The molecule has 1 aliphatic rings. The van der Waals surface area contributed by atoms with E-state index in [1.54, 1.807) is 6.92 Å². The number of aryl methyl sites for hydroxylation is 1. The SMILES string of the molecule is CCc1n[nH]c(=O)c(C(=O)N2C[C@@H](C)[C@H](C(=O)O)C2)c1CC. The second kappa shape index (κ2) is 6.29. The minimum atomic E-state index is -0.906. The molecule has 22 heavy (non-hydrogen) atoms. The molecule has 1 aromatic rings. The van der Waals surface area contributed by atoms with Crippen LogP contribution in [0.1, 0.15) is 42.4 Å². The summed E-state index contributed by atoms with van der Waals surface area (Å²) in [6.07, 6.45) is 1.15. The van der Waals surface area contributed by atoms with Crippen LogP contribution >= 0.6 is 0 Å². The molecule has 120 valence electrons. The van der Waals surface area contributed by atoms with Crippen molar-refractivity contribution in [2.45, 2.75) is 33.6 Å². The predicted octanol–water partition coefficient (Wildman–Crippen LogP) is 0.687. The summed E-state index contributed by atoms with van der Waals surface area (Å²) in [6, 6.07) is 0. The number of carboxylic acids is 1. The topological polar surface area (TPSA) is 103 Å². The number of carboxylic acid groups (broad SMARTS) is 1. The van der Waals surface area contributed by atoms with Gasteiger partial charge < -0.3 is 10.0 Å². The summed E-state index contributed by atoms with van der Waals surface area (Å²) in [5.74, 6) is -2.01. The molecule has 2 heterocycles. The lowest BCUT2D eigenvalue weighted by Crippen LogP contribution is -2.36. The number of rotatable bonds is 4. The molecule has 1 aromatic heterocycles. The van der Waals surface area contributed by atoms with Crippen LogP contribution in [0, 0.1) is 11.8 Å². The lowest BCUT2D eigenvalue weighted by atomic mass is 9.99. The Balaban J connectivity index is 2.39. The average Bonchev–Trinajstić information content (AvgIpc) is 2.88. The van der Waals surface area contributed by atoms with Crippen LogP contribution in [0.2, 0.25) is 0 Å². The van der Waals surface area contributed by atoms with Crippen LogP contribution in [0.4, 0.5) is 0 Å². The van der Waals surface area contributed by atoms with Crippen LogP contribution in [0.15, 0.2) is 4.79 Å². The Kier molecular flexibility index (Phi) is 4.63. The van der Waals surface area contributed by atoms with E-state index in [-0.39, 0.29) is 18.0 Å². The molecule has 0 bridgehead atoms. The molecule has 1 amide bonds. The van der Waals surface area contributed by atoms with Gasteiger partial charge >= 0.3 is 5.97 Å². The van der Waals surface area contributed by atoms with Crippen molar-refractivity contribution in [1.29, 1.82) is 0 Å². The first-order valence-corrected chi connectivity index (χ1v) is 7.53. The second-order valence-electron chi connectivity index (χ2n) is 5.69. The number of carbonyl (C=O) groups is 2. The zero-order valence-electron chi connectivity index (χ0n) is 13.0. The van der Waals surface area contributed by atoms with Gasteiger partial charge in [0.2, 0.25) is 0 Å². The summed E-state index contributed by atoms with van der Waals surface area (Å²) in [4.78, 5) is 37.5. The van der Waals surface area contributed by atoms with E-state index in [4.69, 9.17) is 0 Å². The van der Waals surface area contributed by atoms with E-state index in [1.165, 1.54) is 4.90 Å². The standard InChI is InChI=1S/C15H21N3O4/c1-4-9-11(5-2)16-17-13(19)12(9)14(20)18-6-8(3)10(7-18)15(21)22/h8,10H,4-7H2,1-3H3,(H,17,19)(H,21,22)/t8-,10-/m1/s1. The van der Waals surface area contributed by atoms with Crippen molar-refractivity contribution in [2.24, 2.45) is 11.8 Å². The van der Waals surface area contributed by atoms with E-state index in [2.05, 4.69) is 10.2 Å². The number of aromatic amines is 1. The number of H-pyrrole nitrogens is 1. The largest absolute Gasteiger partial charge is 0.481 e. The highest BCUT2D eigenvalue weighted by molar-refractivity contribution is 5.96.